The fourth-order valence-corrected chi connectivity index (χ4v) is 4.00. The lowest BCUT2D eigenvalue weighted by atomic mass is 9.91. The average molecular weight is 398 g/mol. The molecule has 128 valence electrons. The molecule has 0 aliphatic carbocycles. The Kier molecular flexibility index (Phi) is 4.34. The van der Waals surface area contributed by atoms with Gasteiger partial charge in [-0.05, 0) is 43.2 Å². The van der Waals surface area contributed by atoms with Crippen molar-refractivity contribution in [2.24, 2.45) is 0 Å². The van der Waals surface area contributed by atoms with Gasteiger partial charge in [-0.3, -0.25) is 4.79 Å². The zero-order valence-electron chi connectivity index (χ0n) is 14.2. The van der Waals surface area contributed by atoms with Crippen molar-refractivity contribution in [2.45, 2.75) is 25.7 Å². The topological polar surface area (TPSA) is 38.1 Å². The molecule has 4 rings (SSSR count). The molecule has 25 heavy (non-hydrogen) atoms. The number of rotatable bonds is 2. The molecule has 2 aromatic carbocycles. The molecule has 5 heteroatoms. The van der Waals surface area contributed by atoms with E-state index >= 15 is 0 Å². The Morgan fingerprint density at radius 1 is 1.12 bits per heavy atom. The number of piperidine rings is 1. The summed E-state index contributed by atoms with van der Waals surface area (Å²) in [5.41, 5.74) is 3.33. The summed E-state index contributed by atoms with van der Waals surface area (Å²) in [7, 11) is 0. The van der Waals surface area contributed by atoms with Crippen LogP contribution in [0.2, 0.25) is 0 Å². The third kappa shape index (κ3) is 3.09. The Balaban J connectivity index is 1.76. The summed E-state index contributed by atoms with van der Waals surface area (Å²) in [6.07, 6.45) is 1.94. The van der Waals surface area contributed by atoms with Crippen LogP contribution in [0.3, 0.4) is 0 Å². The molecule has 0 saturated carbocycles. The summed E-state index contributed by atoms with van der Waals surface area (Å²) >= 11 is 3.58. The third-order valence-electron chi connectivity index (χ3n) is 5.00. The van der Waals surface area contributed by atoms with Crippen molar-refractivity contribution in [3.05, 3.63) is 58.7 Å². The zero-order chi connectivity index (χ0) is 17.4. The van der Waals surface area contributed by atoms with Crippen LogP contribution >= 0.6 is 15.9 Å². The van der Waals surface area contributed by atoms with Crippen molar-refractivity contribution in [1.29, 1.82) is 0 Å². The van der Waals surface area contributed by atoms with Crippen LogP contribution in [0.15, 0.2) is 53.0 Å². The summed E-state index contributed by atoms with van der Waals surface area (Å²) in [5, 5.41) is 6.19. The summed E-state index contributed by atoms with van der Waals surface area (Å²) in [5.74, 6) is 0.561. The SMILES string of the molecule is CC(=O)N1CCC(c2nn(-c3ccccc3)c3cc(Br)ccc23)CC1. The predicted molar refractivity (Wildman–Crippen MR) is 103 cm³/mol. The summed E-state index contributed by atoms with van der Waals surface area (Å²) in [4.78, 5) is 13.5. The molecule has 0 N–H and O–H groups in total. The maximum absolute atomic E-state index is 11.6. The second-order valence-corrected chi connectivity index (χ2v) is 7.49. The van der Waals surface area contributed by atoms with Crippen LogP contribution in [0.5, 0.6) is 0 Å². The van der Waals surface area contributed by atoms with Gasteiger partial charge in [0.2, 0.25) is 5.91 Å². The third-order valence-corrected chi connectivity index (χ3v) is 5.49. The minimum absolute atomic E-state index is 0.169. The van der Waals surface area contributed by atoms with Gasteiger partial charge in [0, 0.05) is 35.8 Å². The Morgan fingerprint density at radius 3 is 2.52 bits per heavy atom. The number of carbonyl (C=O) groups excluding carboxylic acids is 1. The lowest BCUT2D eigenvalue weighted by Gasteiger charge is -2.30. The van der Waals surface area contributed by atoms with Crippen LogP contribution in [-0.4, -0.2) is 33.7 Å². The van der Waals surface area contributed by atoms with E-state index in [1.54, 1.807) is 6.92 Å². The molecule has 1 fully saturated rings. The van der Waals surface area contributed by atoms with Gasteiger partial charge in [0.05, 0.1) is 16.9 Å². The van der Waals surface area contributed by atoms with Crippen molar-refractivity contribution in [1.82, 2.24) is 14.7 Å². The van der Waals surface area contributed by atoms with Crippen LogP contribution in [0.1, 0.15) is 31.4 Å². The van der Waals surface area contributed by atoms with Crippen molar-refractivity contribution in [3.63, 3.8) is 0 Å². The van der Waals surface area contributed by atoms with Gasteiger partial charge in [-0.1, -0.05) is 34.1 Å². The van der Waals surface area contributed by atoms with Gasteiger partial charge < -0.3 is 4.90 Å². The molecule has 0 bridgehead atoms. The van der Waals surface area contributed by atoms with Gasteiger partial charge in [-0.15, -0.1) is 0 Å². The molecule has 1 aromatic heterocycles. The second-order valence-electron chi connectivity index (χ2n) is 6.57. The van der Waals surface area contributed by atoms with Crippen LogP contribution in [-0.2, 0) is 4.79 Å². The number of nitrogens with zero attached hydrogens (tertiary/aromatic N) is 3. The van der Waals surface area contributed by atoms with Crippen LogP contribution in [0, 0.1) is 0 Å². The van der Waals surface area contributed by atoms with Gasteiger partial charge in [0.15, 0.2) is 0 Å². The minimum atomic E-state index is 0.169. The number of halogens is 1. The molecule has 2 heterocycles. The molecule has 1 saturated heterocycles. The van der Waals surface area contributed by atoms with Crippen LogP contribution in [0.25, 0.3) is 16.6 Å². The summed E-state index contributed by atoms with van der Waals surface area (Å²) in [6, 6.07) is 16.6. The van der Waals surface area contributed by atoms with E-state index in [1.807, 2.05) is 27.8 Å². The van der Waals surface area contributed by atoms with Gasteiger partial charge >= 0.3 is 0 Å². The predicted octanol–water partition coefficient (Wildman–Crippen LogP) is 4.51. The molecular formula is C20H20BrN3O. The Labute approximate surface area is 155 Å². The number of aromatic nitrogens is 2. The van der Waals surface area contributed by atoms with E-state index < -0.39 is 0 Å². The molecule has 4 nitrogen and oxygen atoms in total. The van der Waals surface area contributed by atoms with E-state index in [0.717, 1.165) is 47.3 Å². The normalized spacial score (nSPS) is 15.7. The van der Waals surface area contributed by atoms with Crippen LogP contribution < -0.4 is 0 Å². The van der Waals surface area contributed by atoms with Gasteiger partial charge in [-0.25, -0.2) is 4.68 Å². The van der Waals surface area contributed by atoms with E-state index in [9.17, 15) is 4.79 Å². The average Bonchev–Trinajstić information content (AvgIpc) is 3.01. The fourth-order valence-electron chi connectivity index (χ4n) is 3.65. The molecule has 0 spiro atoms. The fraction of sp³-hybridized carbons (Fsp3) is 0.300. The number of carbonyl (C=O) groups is 1. The Morgan fingerprint density at radius 2 is 1.84 bits per heavy atom. The number of para-hydroxylation sites is 1. The molecular weight excluding hydrogens is 378 g/mol. The highest BCUT2D eigenvalue weighted by molar-refractivity contribution is 9.10. The van der Waals surface area contributed by atoms with E-state index in [1.165, 1.54) is 5.39 Å². The highest BCUT2D eigenvalue weighted by atomic mass is 79.9. The number of likely N-dealkylation sites (tertiary alicyclic amines) is 1. The number of hydrogen-bond donors (Lipinski definition) is 0. The van der Waals surface area contributed by atoms with Gasteiger partial charge in [0.1, 0.15) is 0 Å². The maximum Gasteiger partial charge on any atom is 0.219 e. The van der Waals surface area contributed by atoms with E-state index in [-0.39, 0.29) is 5.91 Å². The first-order chi connectivity index (χ1) is 12.1. The monoisotopic (exact) mass is 397 g/mol. The highest BCUT2D eigenvalue weighted by Crippen LogP contribution is 2.34. The second kappa shape index (κ2) is 6.64. The van der Waals surface area contributed by atoms with Crippen molar-refractivity contribution >= 4 is 32.7 Å². The standard InChI is InChI=1S/C20H20BrN3O/c1-14(25)23-11-9-15(10-12-23)20-18-8-7-16(21)13-19(18)24(22-20)17-5-3-2-4-6-17/h2-8,13,15H,9-12H2,1H3. The molecule has 3 aromatic rings. The van der Waals surface area contributed by atoms with Crippen molar-refractivity contribution in [2.75, 3.05) is 13.1 Å². The molecule has 1 aliphatic rings. The number of fused-ring (bicyclic) bond motifs is 1. The van der Waals surface area contributed by atoms with E-state index in [0.29, 0.717) is 5.92 Å². The first-order valence-electron chi connectivity index (χ1n) is 8.62. The zero-order valence-corrected chi connectivity index (χ0v) is 15.7. The molecule has 0 radical (unpaired) electrons. The van der Waals surface area contributed by atoms with Gasteiger partial charge in [0.25, 0.3) is 0 Å². The lowest BCUT2D eigenvalue weighted by Crippen LogP contribution is -2.36. The summed E-state index contributed by atoms with van der Waals surface area (Å²) < 4.78 is 3.09. The summed E-state index contributed by atoms with van der Waals surface area (Å²) in [6.45, 7) is 3.28. The first kappa shape index (κ1) is 16.3. The Hall–Kier alpha value is -2.14. The van der Waals surface area contributed by atoms with E-state index in [4.69, 9.17) is 5.10 Å². The van der Waals surface area contributed by atoms with Crippen LogP contribution in [0.4, 0.5) is 0 Å². The number of amides is 1. The molecule has 0 unspecified atom stereocenters. The van der Waals surface area contributed by atoms with Crippen molar-refractivity contribution < 1.29 is 4.79 Å². The quantitative estimate of drug-likeness (QED) is 0.637. The number of benzene rings is 2. The Bertz CT molecular complexity index is 911. The van der Waals surface area contributed by atoms with E-state index in [2.05, 4.69) is 46.3 Å². The minimum Gasteiger partial charge on any atom is -0.343 e. The lowest BCUT2D eigenvalue weighted by molar-refractivity contribution is -0.129. The molecule has 1 amide bonds. The first-order valence-corrected chi connectivity index (χ1v) is 9.42. The molecule has 0 atom stereocenters. The van der Waals surface area contributed by atoms with Gasteiger partial charge in [-0.2, -0.15) is 5.10 Å². The van der Waals surface area contributed by atoms with Crippen molar-refractivity contribution in [3.8, 4) is 5.69 Å². The molecule has 1 aliphatic heterocycles. The number of hydrogen-bond acceptors (Lipinski definition) is 2. The largest absolute Gasteiger partial charge is 0.343 e. The highest BCUT2D eigenvalue weighted by Gasteiger charge is 2.26. The smallest absolute Gasteiger partial charge is 0.219 e. The maximum atomic E-state index is 11.6.